The third-order valence-corrected chi connectivity index (χ3v) is 1.92. The van der Waals surface area contributed by atoms with Crippen LogP contribution in [0.15, 0.2) is 11.3 Å². The highest BCUT2D eigenvalue weighted by molar-refractivity contribution is 6.03. The summed E-state index contributed by atoms with van der Waals surface area (Å²) in [5, 5.41) is 0. The Balaban J connectivity index is 2.46. The number of rotatable bonds is 1. The van der Waals surface area contributed by atoms with Gasteiger partial charge in [0.2, 0.25) is 5.90 Å². The number of nitrogen functional groups attached to an aromatic ring is 2. The standard InChI is InChI=1S/C8H11N5O/c1-4-2-14-8(13-4)5-6(9)11-3-12-7(5)10/h3-4H,2H2,1H3,(H4,9,10,11,12)/t4-/m0/s1. The highest BCUT2D eigenvalue weighted by Gasteiger charge is 2.21. The Morgan fingerprint density at radius 3 is 2.50 bits per heavy atom. The van der Waals surface area contributed by atoms with Crippen LogP contribution in [0.5, 0.6) is 0 Å². The van der Waals surface area contributed by atoms with Crippen LogP contribution >= 0.6 is 0 Å². The van der Waals surface area contributed by atoms with Crippen molar-refractivity contribution in [2.45, 2.75) is 13.0 Å². The molecule has 0 amide bonds. The van der Waals surface area contributed by atoms with Gasteiger partial charge >= 0.3 is 0 Å². The summed E-state index contributed by atoms with van der Waals surface area (Å²) >= 11 is 0. The third kappa shape index (κ3) is 1.34. The Kier molecular flexibility index (Phi) is 1.95. The fourth-order valence-corrected chi connectivity index (χ4v) is 1.24. The van der Waals surface area contributed by atoms with Gasteiger partial charge in [-0.3, -0.25) is 0 Å². The zero-order valence-corrected chi connectivity index (χ0v) is 7.77. The number of nitrogens with two attached hydrogens (primary N) is 2. The monoisotopic (exact) mass is 193 g/mol. The van der Waals surface area contributed by atoms with Crippen LogP contribution in [0.2, 0.25) is 0 Å². The first-order valence-electron chi connectivity index (χ1n) is 4.25. The van der Waals surface area contributed by atoms with E-state index in [0.717, 1.165) is 0 Å². The largest absolute Gasteiger partial charge is 0.475 e. The van der Waals surface area contributed by atoms with Gasteiger partial charge in [-0.25, -0.2) is 15.0 Å². The Morgan fingerprint density at radius 2 is 2.00 bits per heavy atom. The Bertz CT molecular complexity index is 369. The minimum atomic E-state index is 0.129. The second kappa shape index (κ2) is 3.13. The predicted molar refractivity (Wildman–Crippen MR) is 52.8 cm³/mol. The summed E-state index contributed by atoms with van der Waals surface area (Å²) in [5.41, 5.74) is 11.8. The number of anilines is 2. The molecule has 0 radical (unpaired) electrons. The van der Waals surface area contributed by atoms with E-state index < -0.39 is 0 Å². The van der Waals surface area contributed by atoms with Crippen molar-refractivity contribution in [2.75, 3.05) is 18.1 Å². The summed E-state index contributed by atoms with van der Waals surface area (Å²) in [6, 6.07) is 0.129. The second-order valence-electron chi connectivity index (χ2n) is 3.11. The normalized spacial score (nSPS) is 20.4. The lowest BCUT2D eigenvalue weighted by atomic mass is 10.3. The maximum absolute atomic E-state index is 5.65. The lowest BCUT2D eigenvalue weighted by molar-refractivity contribution is 0.324. The molecule has 0 saturated heterocycles. The molecule has 1 aliphatic heterocycles. The van der Waals surface area contributed by atoms with Crippen LogP contribution < -0.4 is 11.5 Å². The lowest BCUT2D eigenvalue weighted by Gasteiger charge is -2.05. The van der Waals surface area contributed by atoms with Crippen LogP contribution in [-0.2, 0) is 4.74 Å². The molecule has 1 atom stereocenters. The molecule has 1 aliphatic rings. The van der Waals surface area contributed by atoms with Gasteiger partial charge in [0.1, 0.15) is 30.1 Å². The molecule has 14 heavy (non-hydrogen) atoms. The number of hydrogen-bond donors (Lipinski definition) is 2. The predicted octanol–water partition coefficient (Wildman–Crippen LogP) is -0.194. The molecule has 0 saturated carbocycles. The fraction of sp³-hybridized carbons (Fsp3) is 0.375. The number of aromatic nitrogens is 2. The molecule has 6 nitrogen and oxygen atoms in total. The van der Waals surface area contributed by atoms with E-state index in [1.54, 1.807) is 0 Å². The summed E-state index contributed by atoms with van der Waals surface area (Å²) in [5.74, 6) is 1.03. The molecule has 0 aliphatic carbocycles. The molecular formula is C8H11N5O. The van der Waals surface area contributed by atoms with Gasteiger partial charge in [0, 0.05) is 0 Å². The summed E-state index contributed by atoms with van der Waals surface area (Å²) in [6.45, 7) is 2.49. The van der Waals surface area contributed by atoms with Crippen molar-refractivity contribution in [1.29, 1.82) is 0 Å². The first kappa shape index (κ1) is 8.74. The number of nitrogens with zero attached hydrogens (tertiary/aromatic N) is 3. The summed E-state index contributed by atoms with van der Waals surface area (Å²) in [6.07, 6.45) is 1.31. The molecule has 6 heteroatoms. The topological polar surface area (TPSA) is 99.4 Å². The molecular weight excluding hydrogens is 182 g/mol. The molecule has 0 spiro atoms. The SMILES string of the molecule is C[C@H]1COC(c2c(N)ncnc2N)=N1. The van der Waals surface area contributed by atoms with Crippen molar-refractivity contribution in [3.63, 3.8) is 0 Å². The van der Waals surface area contributed by atoms with E-state index in [9.17, 15) is 0 Å². The first-order valence-corrected chi connectivity index (χ1v) is 4.25. The molecule has 4 N–H and O–H groups in total. The molecule has 2 heterocycles. The van der Waals surface area contributed by atoms with Crippen LogP contribution in [0.1, 0.15) is 12.5 Å². The van der Waals surface area contributed by atoms with Crippen LogP contribution in [0.4, 0.5) is 11.6 Å². The van der Waals surface area contributed by atoms with Gasteiger partial charge in [-0.05, 0) is 6.92 Å². The average Bonchev–Trinajstić information content (AvgIpc) is 2.51. The summed E-state index contributed by atoms with van der Waals surface area (Å²) < 4.78 is 5.32. The van der Waals surface area contributed by atoms with Gasteiger partial charge in [0.15, 0.2) is 0 Å². The minimum Gasteiger partial charge on any atom is -0.475 e. The number of ether oxygens (including phenoxy) is 1. The van der Waals surface area contributed by atoms with Gasteiger partial charge in [0.25, 0.3) is 0 Å². The van der Waals surface area contributed by atoms with E-state index in [1.165, 1.54) is 6.33 Å². The van der Waals surface area contributed by atoms with Crippen molar-refractivity contribution >= 4 is 17.5 Å². The van der Waals surface area contributed by atoms with E-state index in [2.05, 4.69) is 15.0 Å². The zero-order chi connectivity index (χ0) is 10.1. The summed E-state index contributed by atoms with van der Waals surface area (Å²) in [4.78, 5) is 11.9. The molecule has 0 aromatic carbocycles. The smallest absolute Gasteiger partial charge is 0.224 e. The fourth-order valence-electron chi connectivity index (χ4n) is 1.24. The maximum atomic E-state index is 5.65. The highest BCUT2D eigenvalue weighted by Crippen LogP contribution is 2.19. The molecule has 1 aromatic rings. The molecule has 0 fully saturated rings. The van der Waals surface area contributed by atoms with Crippen molar-refractivity contribution in [1.82, 2.24) is 9.97 Å². The van der Waals surface area contributed by atoms with Crippen molar-refractivity contribution in [2.24, 2.45) is 4.99 Å². The molecule has 1 aromatic heterocycles. The van der Waals surface area contributed by atoms with Crippen LogP contribution in [0.3, 0.4) is 0 Å². The molecule has 0 unspecified atom stereocenters. The number of aliphatic imine (C=N–C) groups is 1. The second-order valence-corrected chi connectivity index (χ2v) is 3.11. The Morgan fingerprint density at radius 1 is 1.36 bits per heavy atom. The van der Waals surface area contributed by atoms with Gasteiger partial charge in [-0.15, -0.1) is 0 Å². The zero-order valence-electron chi connectivity index (χ0n) is 7.77. The quantitative estimate of drug-likeness (QED) is 0.643. The molecule has 74 valence electrons. The third-order valence-electron chi connectivity index (χ3n) is 1.92. The first-order chi connectivity index (χ1) is 6.68. The minimum absolute atomic E-state index is 0.129. The van der Waals surface area contributed by atoms with Gasteiger partial charge in [-0.1, -0.05) is 0 Å². The number of hydrogen-bond acceptors (Lipinski definition) is 6. The van der Waals surface area contributed by atoms with Crippen molar-refractivity contribution in [3.05, 3.63) is 11.9 Å². The van der Waals surface area contributed by atoms with Gasteiger partial charge in [0.05, 0.1) is 6.04 Å². The van der Waals surface area contributed by atoms with Crippen molar-refractivity contribution in [3.8, 4) is 0 Å². The van der Waals surface area contributed by atoms with E-state index in [1.807, 2.05) is 6.92 Å². The highest BCUT2D eigenvalue weighted by atomic mass is 16.5. The lowest BCUT2D eigenvalue weighted by Crippen LogP contribution is -2.11. The van der Waals surface area contributed by atoms with E-state index in [4.69, 9.17) is 16.2 Å². The van der Waals surface area contributed by atoms with Gasteiger partial charge in [-0.2, -0.15) is 0 Å². The van der Waals surface area contributed by atoms with Crippen LogP contribution in [0.25, 0.3) is 0 Å². The molecule has 2 rings (SSSR count). The maximum Gasteiger partial charge on any atom is 0.224 e. The molecule has 0 bridgehead atoms. The van der Waals surface area contributed by atoms with E-state index >= 15 is 0 Å². The Hall–Kier alpha value is -1.85. The Labute approximate surface area is 81.0 Å². The van der Waals surface area contributed by atoms with E-state index in [-0.39, 0.29) is 6.04 Å². The van der Waals surface area contributed by atoms with Crippen molar-refractivity contribution < 1.29 is 4.74 Å². The van der Waals surface area contributed by atoms with E-state index in [0.29, 0.717) is 29.7 Å². The van der Waals surface area contributed by atoms with Crippen LogP contribution in [0, 0.1) is 0 Å². The summed E-state index contributed by atoms with van der Waals surface area (Å²) in [7, 11) is 0. The van der Waals surface area contributed by atoms with Crippen LogP contribution in [-0.4, -0.2) is 28.5 Å². The average molecular weight is 193 g/mol. The van der Waals surface area contributed by atoms with Gasteiger partial charge < -0.3 is 16.2 Å².